The summed E-state index contributed by atoms with van der Waals surface area (Å²) in [6, 6.07) is 4.74. The fraction of sp³-hybridized carbons (Fsp3) is 0.538. The summed E-state index contributed by atoms with van der Waals surface area (Å²) in [4.78, 5) is 0.109. The Bertz CT molecular complexity index is 585. The molecule has 20 heavy (non-hydrogen) atoms. The largest absolute Gasteiger partial charge is 0.381 e. The van der Waals surface area contributed by atoms with Gasteiger partial charge in [0.2, 0.25) is 10.0 Å². The minimum absolute atomic E-state index is 0.0623. The molecule has 1 aromatic rings. The highest BCUT2D eigenvalue weighted by Crippen LogP contribution is 2.30. The van der Waals surface area contributed by atoms with E-state index in [1.54, 1.807) is 12.1 Å². The van der Waals surface area contributed by atoms with Crippen LogP contribution in [0.1, 0.15) is 19.8 Å². The van der Waals surface area contributed by atoms with Gasteiger partial charge in [0.15, 0.2) is 0 Å². The van der Waals surface area contributed by atoms with E-state index in [-0.39, 0.29) is 15.3 Å². The number of ether oxygens (including phenoxy) is 1. The van der Waals surface area contributed by atoms with E-state index < -0.39 is 10.0 Å². The number of hydrogen-bond acceptors (Lipinski definition) is 3. The molecule has 1 aromatic carbocycles. The summed E-state index contributed by atoms with van der Waals surface area (Å²) in [5.74, 6) is 0. The van der Waals surface area contributed by atoms with Gasteiger partial charge in [-0.1, -0.05) is 34.5 Å². The molecule has 1 aliphatic rings. The Morgan fingerprint density at radius 3 is 2.65 bits per heavy atom. The maximum Gasteiger partial charge on any atom is 0.242 e. The van der Waals surface area contributed by atoms with Gasteiger partial charge < -0.3 is 4.74 Å². The van der Waals surface area contributed by atoms with E-state index in [9.17, 15) is 8.42 Å². The Morgan fingerprint density at radius 1 is 1.40 bits per heavy atom. The minimum Gasteiger partial charge on any atom is -0.381 e. The minimum atomic E-state index is -3.59. The van der Waals surface area contributed by atoms with E-state index in [1.807, 2.05) is 0 Å². The van der Waals surface area contributed by atoms with Crippen molar-refractivity contribution < 1.29 is 13.2 Å². The Morgan fingerprint density at radius 2 is 2.05 bits per heavy atom. The first-order chi connectivity index (χ1) is 9.32. The van der Waals surface area contributed by atoms with Gasteiger partial charge in [0.05, 0.1) is 5.02 Å². The summed E-state index contributed by atoms with van der Waals surface area (Å²) in [5, 5.41) is 0.212. The third kappa shape index (κ3) is 3.95. The summed E-state index contributed by atoms with van der Waals surface area (Å²) in [6.07, 6.45) is 1.70. The molecule has 0 atom stereocenters. The van der Waals surface area contributed by atoms with Crippen LogP contribution in [-0.2, 0) is 14.8 Å². The van der Waals surface area contributed by atoms with Crippen LogP contribution in [0.2, 0.25) is 5.02 Å². The van der Waals surface area contributed by atoms with Crippen molar-refractivity contribution >= 4 is 37.6 Å². The lowest BCUT2D eigenvalue weighted by atomic mass is 9.83. The van der Waals surface area contributed by atoms with Gasteiger partial charge in [-0.05, 0) is 36.5 Å². The molecule has 2 rings (SSSR count). The molecule has 7 heteroatoms. The molecular formula is C13H17BrClNO3S. The van der Waals surface area contributed by atoms with Gasteiger partial charge in [0.1, 0.15) is 4.90 Å². The van der Waals surface area contributed by atoms with Crippen LogP contribution in [0.25, 0.3) is 0 Å². The highest BCUT2D eigenvalue weighted by atomic mass is 79.9. The smallest absolute Gasteiger partial charge is 0.242 e. The maximum absolute atomic E-state index is 12.3. The van der Waals surface area contributed by atoms with E-state index in [2.05, 4.69) is 27.6 Å². The van der Waals surface area contributed by atoms with Crippen molar-refractivity contribution in [3.63, 3.8) is 0 Å². The molecule has 0 bridgehead atoms. The molecule has 4 nitrogen and oxygen atoms in total. The molecule has 1 N–H and O–H groups in total. The summed E-state index contributed by atoms with van der Waals surface area (Å²) in [6.45, 7) is 3.82. The van der Waals surface area contributed by atoms with Gasteiger partial charge >= 0.3 is 0 Å². The van der Waals surface area contributed by atoms with E-state index in [4.69, 9.17) is 16.3 Å². The van der Waals surface area contributed by atoms with Crippen molar-refractivity contribution in [2.45, 2.75) is 24.7 Å². The third-order valence-corrected chi connectivity index (χ3v) is 5.95. The fourth-order valence-electron chi connectivity index (χ4n) is 2.08. The van der Waals surface area contributed by atoms with Gasteiger partial charge in [-0.15, -0.1) is 0 Å². The quantitative estimate of drug-likeness (QED) is 0.870. The molecule has 0 aliphatic carbocycles. The van der Waals surface area contributed by atoms with Gasteiger partial charge in [-0.3, -0.25) is 0 Å². The normalized spacial score (nSPS) is 18.9. The number of halogens is 2. The number of sulfonamides is 1. The van der Waals surface area contributed by atoms with Crippen LogP contribution in [0.15, 0.2) is 27.6 Å². The molecule has 0 unspecified atom stereocenters. The molecule has 0 radical (unpaired) electrons. The Balaban J connectivity index is 2.11. The van der Waals surface area contributed by atoms with Crippen LogP contribution < -0.4 is 4.72 Å². The highest BCUT2D eigenvalue weighted by Gasteiger charge is 2.29. The summed E-state index contributed by atoms with van der Waals surface area (Å²) < 4.78 is 33.3. The summed E-state index contributed by atoms with van der Waals surface area (Å²) in [5.41, 5.74) is -0.0623. The Hall–Kier alpha value is -0.140. The molecular weight excluding hydrogens is 366 g/mol. The van der Waals surface area contributed by atoms with Crippen LogP contribution in [0, 0.1) is 5.41 Å². The number of rotatable bonds is 4. The molecule has 1 fully saturated rings. The van der Waals surface area contributed by atoms with Crippen molar-refractivity contribution in [2.75, 3.05) is 19.8 Å². The zero-order chi connectivity index (χ0) is 14.8. The lowest BCUT2D eigenvalue weighted by molar-refractivity contribution is 0.0265. The van der Waals surface area contributed by atoms with E-state index in [0.717, 1.165) is 17.3 Å². The van der Waals surface area contributed by atoms with Gasteiger partial charge in [0.25, 0.3) is 0 Å². The summed E-state index contributed by atoms with van der Waals surface area (Å²) >= 11 is 9.26. The molecule has 0 saturated carbocycles. The van der Waals surface area contributed by atoms with Gasteiger partial charge in [-0.2, -0.15) is 0 Å². The van der Waals surface area contributed by atoms with Crippen molar-refractivity contribution in [2.24, 2.45) is 5.41 Å². The first-order valence-corrected chi connectivity index (χ1v) is 9.00. The number of benzene rings is 1. The molecule has 0 amide bonds. The molecule has 112 valence electrons. The molecule has 1 saturated heterocycles. The van der Waals surface area contributed by atoms with Crippen LogP contribution in [0.4, 0.5) is 0 Å². The zero-order valence-corrected chi connectivity index (χ0v) is 14.3. The average molecular weight is 383 g/mol. The molecule has 0 aromatic heterocycles. The second-order valence-corrected chi connectivity index (χ2v) is 8.38. The second-order valence-electron chi connectivity index (χ2n) is 5.32. The predicted octanol–water partition coefficient (Wildman–Crippen LogP) is 3.20. The molecule has 1 heterocycles. The molecule has 0 spiro atoms. The van der Waals surface area contributed by atoms with Crippen LogP contribution in [0.3, 0.4) is 0 Å². The standard InChI is InChI=1S/C13H17BrClNO3S/c1-13(4-6-19-7-5-13)9-16-20(17,18)12-3-2-10(14)8-11(12)15/h2-3,8,16H,4-7,9H2,1H3. The van der Waals surface area contributed by atoms with E-state index in [0.29, 0.717) is 19.8 Å². The third-order valence-electron chi connectivity index (χ3n) is 3.57. The summed E-state index contributed by atoms with van der Waals surface area (Å²) in [7, 11) is -3.59. The van der Waals surface area contributed by atoms with Crippen molar-refractivity contribution in [1.82, 2.24) is 4.72 Å². The van der Waals surface area contributed by atoms with Crippen molar-refractivity contribution in [3.05, 3.63) is 27.7 Å². The van der Waals surface area contributed by atoms with Crippen molar-refractivity contribution in [1.29, 1.82) is 0 Å². The Labute approximate surface area is 133 Å². The number of hydrogen-bond donors (Lipinski definition) is 1. The SMILES string of the molecule is CC1(CNS(=O)(=O)c2ccc(Br)cc2Cl)CCOCC1. The first-order valence-electron chi connectivity index (χ1n) is 6.35. The zero-order valence-electron chi connectivity index (χ0n) is 11.2. The lowest BCUT2D eigenvalue weighted by Crippen LogP contribution is -2.39. The number of nitrogens with one attached hydrogen (secondary N) is 1. The van der Waals surface area contributed by atoms with Gasteiger partial charge in [0, 0.05) is 24.2 Å². The van der Waals surface area contributed by atoms with Crippen LogP contribution in [0.5, 0.6) is 0 Å². The topological polar surface area (TPSA) is 55.4 Å². The van der Waals surface area contributed by atoms with E-state index >= 15 is 0 Å². The van der Waals surface area contributed by atoms with Gasteiger partial charge in [-0.25, -0.2) is 13.1 Å². The highest BCUT2D eigenvalue weighted by molar-refractivity contribution is 9.10. The van der Waals surface area contributed by atoms with E-state index in [1.165, 1.54) is 6.07 Å². The fourth-order valence-corrected chi connectivity index (χ4v) is 4.32. The van der Waals surface area contributed by atoms with Crippen molar-refractivity contribution in [3.8, 4) is 0 Å². The van der Waals surface area contributed by atoms with Crippen LogP contribution in [-0.4, -0.2) is 28.2 Å². The Kier molecular flexibility index (Phi) is 5.13. The second kappa shape index (κ2) is 6.32. The average Bonchev–Trinajstić information content (AvgIpc) is 2.37. The lowest BCUT2D eigenvalue weighted by Gasteiger charge is -2.33. The molecule has 1 aliphatic heterocycles. The maximum atomic E-state index is 12.3. The monoisotopic (exact) mass is 381 g/mol. The first kappa shape index (κ1) is 16.2. The predicted molar refractivity (Wildman–Crippen MR) is 82.5 cm³/mol. The van der Waals surface area contributed by atoms with Crippen LogP contribution >= 0.6 is 27.5 Å².